The van der Waals surface area contributed by atoms with Crippen molar-refractivity contribution >= 4 is 23.4 Å². The molecule has 4 aliphatic heterocycles. The molecule has 0 saturated carbocycles. The lowest BCUT2D eigenvalue weighted by Gasteiger charge is -2.36. The van der Waals surface area contributed by atoms with Crippen LogP contribution < -0.4 is 15.5 Å². The maximum atomic E-state index is 14.8. The number of nitrogens with one attached hydrogen (secondary N) is 2. The third-order valence-electron chi connectivity index (χ3n) is 6.23. The SMILES string of the molecule is O=C1CCC(N2Cc3c(c(F)cc(F)c3N3C[C@H]4CC[C@@H](C3)N4)C2=O)C(=O)N1. The van der Waals surface area contributed by atoms with Gasteiger partial charge in [-0.15, -0.1) is 0 Å². The highest BCUT2D eigenvalue weighted by molar-refractivity contribution is 6.06. The van der Waals surface area contributed by atoms with Crippen LogP contribution in [0, 0.1) is 11.6 Å². The zero-order valence-electron chi connectivity index (χ0n) is 15.1. The Balaban J connectivity index is 1.52. The van der Waals surface area contributed by atoms with Gasteiger partial charge in [-0.3, -0.25) is 19.7 Å². The van der Waals surface area contributed by atoms with Crippen LogP contribution in [-0.2, 0) is 16.1 Å². The van der Waals surface area contributed by atoms with E-state index in [0.717, 1.165) is 18.9 Å². The van der Waals surface area contributed by atoms with E-state index in [9.17, 15) is 23.2 Å². The highest BCUT2D eigenvalue weighted by Gasteiger charge is 2.44. The van der Waals surface area contributed by atoms with Gasteiger partial charge in [0, 0.05) is 49.8 Å². The molecule has 9 heteroatoms. The number of piperazine rings is 1. The third kappa shape index (κ3) is 2.60. The van der Waals surface area contributed by atoms with Crippen molar-refractivity contribution in [1.82, 2.24) is 15.5 Å². The lowest BCUT2D eigenvalue weighted by Crippen LogP contribution is -2.52. The summed E-state index contributed by atoms with van der Waals surface area (Å²) >= 11 is 0. The van der Waals surface area contributed by atoms with E-state index in [1.165, 1.54) is 4.90 Å². The van der Waals surface area contributed by atoms with Crippen LogP contribution >= 0.6 is 0 Å². The number of hydrogen-bond donors (Lipinski definition) is 2. The van der Waals surface area contributed by atoms with Crippen molar-refractivity contribution in [2.75, 3.05) is 18.0 Å². The average Bonchev–Trinajstić information content (AvgIpc) is 3.14. The number of fused-ring (bicyclic) bond motifs is 3. The van der Waals surface area contributed by atoms with Crippen LogP contribution in [0.1, 0.15) is 41.6 Å². The third-order valence-corrected chi connectivity index (χ3v) is 6.23. The quantitative estimate of drug-likeness (QED) is 0.726. The molecular weight excluding hydrogens is 370 g/mol. The van der Waals surface area contributed by atoms with Gasteiger partial charge in [-0.05, 0) is 19.3 Å². The molecule has 4 heterocycles. The van der Waals surface area contributed by atoms with Gasteiger partial charge in [0.15, 0.2) is 0 Å². The molecule has 3 saturated heterocycles. The van der Waals surface area contributed by atoms with Crippen LogP contribution in [0.25, 0.3) is 0 Å². The molecule has 1 unspecified atom stereocenters. The molecule has 148 valence electrons. The van der Waals surface area contributed by atoms with Gasteiger partial charge in [-0.1, -0.05) is 0 Å². The van der Waals surface area contributed by atoms with E-state index in [4.69, 9.17) is 0 Å². The molecule has 28 heavy (non-hydrogen) atoms. The molecule has 4 aliphatic rings. The van der Waals surface area contributed by atoms with Gasteiger partial charge in [0.25, 0.3) is 5.91 Å². The molecule has 0 aliphatic carbocycles. The Labute approximate surface area is 160 Å². The second-order valence-corrected chi connectivity index (χ2v) is 7.99. The summed E-state index contributed by atoms with van der Waals surface area (Å²) in [5, 5.41) is 5.69. The summed E-state index contributed by atoms with van der Waals surface area (Å²) in [7, 11) is 0. The number of amides is 3. The normalized spacial score (nSPS) is 29.4. The second kappa shape index (κ2) is 6.23. The minimum absolute atomic E-state index is 0.0380. The van der Waals surface area contributed by atoms with Gasteiger partial charge < -0.3 is 15.1 Å². The minimum atomic E-state index is -0.908. The Morgan fingerprint density at radius 2 is 1.71 bits per heavy atom. The number of rotatable bonds is 2. The van der Waals surface area contributed by atoms with Gasteiger partial charge in [-0.25, -0.2) is 8.78 Å². The van der Waals surface area contributed by atoms with Crippen LogP contribution in [0.4, 0.5) is 14.5 Å². The largest absolute Gasteiger partial charge is 0.366 e. The summed E-state index contributed by atoms with van der Waals surface area (Å²) < 4.78 is 29.4. The number of halogens is 2. The van der Waals surface area contributed by atoms with Crippen molar-refractivity contribution in [1.29, 1.82) is 0 Å². The van der Waals surface area contributed by atoms with E-state index in [2.05, 4.69) is 10.6 Å². The van der Waals surface area contributed by atoms with Gasteiger partial charge >= 0.3 is 0 Å². The van der Waals surface area contributed by atoms with E-state index >= 15 is 0 Å². The first-order chi connectivity index (χ1) is 13.4. The molecule has 7 nitrogen and oxygen atoms in total. The lowest BCUT2D eigenvalue weighted by molar-refractivity contribution is -0.136. The monoisotopic (exact) mass is 390 g/mol. The van der Waals surface area contributed by atoms with Crippen LogP contribution in [-0.4, -0.2) is 53.8 Å². The standard InChI is InChI=1S/C19H20F2N4O3/c20-12-5-13(21)17(24-6-9-1-2-10(7-24)22-9)11-8-25(19(28)16(11)12)14-3-4-15(26)23-18(14)27/h5,9-10,14,22H,1-4,6-8H2,(H,23,26,27)/t9-,10+,14?. The zero-order valence-corrected chi connectivity index (χ0v) is 15.1. The summed E-state index contributed by atoms with van der Waals surface area (Å²) in [6.45, 7) is 1.15. The van der Waals surface area contributed by atoms with Crippen molar-refractivity contribution in [3.63, 3.8) is 0 Å². The maximum Gasteiger partial charge on any atom is 0.258 e. The number of imide groups is 1. The van der Waals surface area contributed by atoms with Crippen molar-refractivity contribution in [2.45, 2.75) is 50.4 Å². The number of benzene rings is 1. The molecule has 3 atom stereocenters. The fourth-order valence-corrected chi connectivity index (χ4v) is 4.98. The highest BCUT2D eigenvalue weighted by atomic mass is 19.1. The number of nitrogens with zero attached hydrogens (tertiary/aromatic N) is 2. The fourth-order valence-electron chi connectivity index (χ4n) is 4.98. The summed E-state index contributed by atoms with van der Waals surface area (Å²) in [5.41, 5.74) is 0.401. The molecule has 0 radical (unpaired) electrons. The van der Waals surface area contributed by atoms with E-state index in [1.807, 2.05) is 4.90 Å². The topological polar surface area (TPSA) is 81.8 Å². The number of piperidine rings is 1. The van der Waals surface area contributed by atoms with Crippen LogP contribution in [0.5, 0.6) is 0 Å². The molecule has 0 spiro atoms. The molecule has 2 N–H and O–H groups in total. The van der Waals surface area contributed by atoms with Crippen LogP contribution in [0.2, 0.25) is 0 Å². The molecule has 1 aromatic rings. The number of carbonyl (C=O) groups excluding carboxylic acids is 3. The summed E-state index contributed by atoms with van der Waals surface area (Å²) in [6, 6.07) is 0.417. The molecule has 3 fully saturated rings. The summed E-state index contributed by atoms with van der Waals surface area (Å²) in [4.78, 5) is 39.7. The fraction of sp³-hybridized carbons (Fsp3) is 0.526. The molecule has 5 rings (SSSR count). The Kier molecular flexibility index (Phi) is 3.90. The first kappa shape index (κ1) is 17.5. The summed E-state index contributed by atoms with van der Waals surface area (Å²) in [5.74, 6) is -3.18. The first-order valence-electron chi connectivity index (χ1n) is 9.59. The molecule has 0 aromatic heterocycles. The molecular formula is C19H20F2N4O3. The Bertz CT molecular complexity index is 894. The van der Waals surface area contributed by atoms with E-state index in [1.54, 1.807) is 0 Å². The molecule has 3 amide bonds. The van der Waals surface area contributed by atoms with Gasteiger partial charge in [0.2, 0.25) is 11.8 Å². The van der Waals surface area contributed by atoms with E-state index < -0.39 is 29.5 Å². The Hall–Kier alpha value is -2.55. The first-order valence-corrected chi connectivity index (χ1v) is 9.59. The van der Waals surface area contributed by atoms with Crippen molar-refractivity contribution in [3.8, 4) is 0 Å². The zero-order chi connectivity index (χ0) is 19.6. The lowest BCUT2D eigenvalue weighted by atomic mass is 10.0. The van der Waals surface area contributed by atoms with Gasteiger partial charge in [-0.2, -0.15) is 0 Å². The van der Waals surface area contributed by atoms with E-state index in [-0.39, 0.29) is 48.6 Å². The van der Waals surface area contributed by atoms with Crippen LogP contribution in [0.15, 0.2) is 6.07 Å². The average molecular weight is 390 g/mol. The molecule has 2 bridgehead atoms. The van der Waals surface area contributed by atoms with Crippen LogP contribution in [0.3, 0.4) is 0 Å². The van der Waals surface area contributed by atoms with Gasteiger partial charge in [0.1, 0.15) is 17.7 Å². The number of anilines is 1. The highest BCUT2D eigenvalue weighted by Crippen LogP contribution is 2.39. The second-order valence-electron chi connectivity index (χ2n) is 7.99. The van der Waals surface area contributed by atoms with Crippen molar-refractivity contribution in [3.05, 3.63) is 28.8 Å². The molecule has 1 aromatic carbocycles. The summed E-state index contributed by atoms with van der Waals surface area (Å²) in [6.07, 6.45) is 2.31. The van der Waals surface area contributed by atoms with Gasteiger partial charge in [0.05, 0.1) is 11.3 Å². The maximum absolute atomic E-state index is 14.8. The number of carbonyl (C=O) groups is 3. The Morgan fingerprint density at radius 1 is 1.00 bits per heavy atom. The van der Waals surface area contributed by atoms with Crippen molar-refractivity contribution < 1.29 is 23.2 Å². The van der Waals surface area contributed by atoms with Crippen molar-refractivity contribution in [2.24, 2.45) is 0 Å². The smallest absolute Gasteiger partial charge is 0.258 e. The van der Waals surface area contributed by atoms with E-state index in [0.29, 0.717) is 18.7 Å². The minimum Gasteiger partial charge on any atom is -0.366 e. The Morgan fingerprint density at radius 3 is 2.39 bits per heavy atom. The predicted octanol–water partition coefficient (Wildman–Crippen LogP) is 0.666. The number of hydrogen-bond acceptors (Lipinski definition) is 5. The predicted molar refractivity (Wildman–Crippen MR) is 94.6 cm³/mol.